The van der Waals surface area contributed by atoms with Crippen LogP contribution in [0.25, 0.3) is 0 Å². The third-order valence-electron chi connectivity index (χ3n) is 3.74. The van der Waals surface area contributed by atoms with Gasteiger partial charge in [0.15, 0.2) is 5.13 Å². The molecule has 1 aliphatic rings. The number of thiazole rings is 1. The zero-order valence-electron chi connectivity index (χ0n) is 12.3. The van der Waals surface area contributed by atoms with Crippen molar-refractivity contribution < 1.29 is 4.79 Å². The molecule has 0 fully saturated rings. The highest BCUT2D eigenvalue weighted by molar-refractivity contribution is 7.14. The van der Waals surface area contributed by atoms with Crippen LogP contribution in [0.1, 0.15) is 30.0 Å². The molecule has 4 nitrogen and oxygen atoms in total. The summed E-state index contributed by atoms with van der Waals surface area (Å²) in [6.45, 7) is 7.20. The Balaban J connectivity index is 1.67. The van der Waals surface area contributed by atoms with E-state index in [9.17, 15) is 4.79 Å². The van der Waals surface area contributed by atoms with Crippen LogP contribution in [0.3, 0.4) is 0 Å². The van der Waals surface area contributed by atoms with Crippen LogP contribution in [0.4, 0.5) is 5.13 Å². The molecule has 3 heterocycles. The Bertz CT molecular complexity index is 634. The molecule has 0 aromatic carbocycles. The smallest absolute Gasteiger partial charge is 0.225 e. The number of carbonyl (C=O) groups is 1. The number of aromatic nitrogens is 1. The van der Waals surface area contributed by atoms with Gasteiger partial charge < -0.3 is 0 Å². The largest absolute Gasteiger partial charge is 0.293 e. The maximum Gasteiger partial charge on any atom is 0.225 e. The Morgan fingerprint density at radius 1 is 1.48 bits per heavy atom. The average Bonchev–Trinajstić information content (AvgIpc) is 3.08. The van der Waals surface area contributed by atoms with E-state index in [1.54, 1.807) is 23.2 Å². The predicted molar refractivity (Wildman–Crippen MR) is 88.0 cm³/mol. The lowest BCUT2D eigenvalue weighted by atomic mass is 10.1. The molecular formula is C15H19N3OS2. The first kappa shape index (κ1) is 14.7. The lowest BCUT2D eigenvalue weighted by Crippen LogP contribution is -2.30. The van der Waals surface area contributed by atoms with Gasteiger partial charge in [0.05, 0.1) is 5.69 Å². The molecule has 3 rings (SSSR count). The summed E-state index contributed by atoms with van der Waals surface area (Å²) >= 11 is 3.42. The van der Waals surface area contributed by atoms with E-state index < -0.39 is 0 Å². The molecule has 6 heteroatoms. The number of anilines is 1. The van der Waals surface area contributed by atoms with Crippen LogP contribution in [0, 0.1) is 0 Å². The minimum Gasteiger partial charge on any atom is -0.293 e. The zero-order chi connectivity index (χ0) is 14.8. The van der Waals surface area contributed by atoms with Crippen LogP contribution in [0.15, 0.2) is 16.8 Å². The summed E-state index contributed by atoms with van der Waals surface area (Å²) < 4.78 is 0. The van der Waals surface area contributed by atoms with Crippen molar-refractivity contribution in [3.8, 4) is 0 Å². The SMILES string of the molecule is CCN(C(C)=O)c1nc(CN2CCc3sccc3C2)cs1. The second-order valence-electron chi connectivity index (χ2n) is 5.21. The van der Waals surface area contributed by atoms with Crippen molar-refractivity contribution in [1.29, 1.82) is 0 Å². The van der Waals surface area contributed by atoms with Gasteiger partial charge in [0, 0.05) is 43.4 Å². The monoisotopic (exact) mass is 321 g/mol. The summed E-state index contributed by atoms with van der Waals surface area (Å²) in [5, 5.41) is 5.07. The Kier molecular flexibility index (Phi) is 4.37. The Morgan fingerprint density at radius 2 is 2.33 bits per heavy atom. The number of amides is 1. The van der Waals surface area contributed by atoms with Gasteiger partial charge >= 0.3 is 0 Å². The Morgan fingerprint density at radius 3 is 3.10 bits per heavy atom. The molecule has 0 unspecified atom stereocenters. The molecule has 0 saturated carbocycles. The third kappa shape index (κ3) is 3.17. The van der Waals surface area contributed by atoms with Gasteiger partial charge in [-0.1, -0.05) is 0 Å². The normalized spacial score (nSPS) is 15.0. The van der Waals surface area contributed by atoms with Crippen molar-refractivity contribution in [3.05, 3.63) is 33.0 Å². The van der Waals surface area contributed by atoms with E-state index in [0.29, 0.717) is 6.54 Å². The molecule has 0 spiro atoms. The van der Waals surface area contributed by atoms with E-state index in [1.807, 2.05) is 18.3 Å². The maximum absolute atomic E-state index is 11.6. The molecule has 1 aliphatic heterocycles. The number of carbonyl (C=O) groups excluding carboxylic acids is 1. The first-order chi connectivity index (χ1) is 10.2. The molecule has 0 atom stereocenters. The van der Waals surface area contributed by atoms with Crippen molar-refractivity contribution in [3.63, 3.8) is 0 Å². The van der Waals surface area contributed by atoms with Crippen molar-refractivity contribution in [1.82, 2.24) is 9.88 Å². The number of rotatable bonds is 4. The minimum absolute atomic E-state index is 0.0549. The minimum atomic E-state index is 0.0549. The number of hydrogen-bond donors (Lipinski definition) is 0. The molecule has 0 bridgehead atoms. The van der Waals surface area contributed by atoms with E-state index in [1.165, 1.54) is 10.4 Å². The highest BCUT2D eigenvalue weighted by Gasteiger charge is 2.19. The first-order valence-electron chi connectivity index (χ1n) is 7.17. The third-order valence-corrected chi connectivity index (χ3v) is 5.67. The van der Waals surface area contributed by atoms with Crippen LogP contribution >= 0.6 is 22.7 Å². The molecular weight excluding hydrogens is 302 g/mol. The summed E-state index contributed by atoms with van der Waals surface area (Å²) in [6.07, 6.45) is 1.14. The van der Waals surface area contributed by atoms with Gasteiger partial charge in [0.1, 0.15) is 0 Å². The second-order valence-corrected chi connectivity index (χ2v) is 7.05. The quantitative estimate of drug-likeness (QED) is 0.868. The van der Waals surface area contributed by atoms with E-state index in [2.05, 4.69) is 26.7 Å². The summed E-state index contributed by atoms with van der Waals surface area (Å²) in [4.78, 5) is 21.9. The molecule has 0 saturated heterocycles. The molecule has 112 valence electrons. The molecule has 0 N–H and O–H groups in total. The maximum atomic E-state index is 11.6. The summed E-state index contributed by atoms with van der Waals surface area (Å²) in [6, 6.07) is 2.23. The summed E-state index contributed by atoms with van der Waals surface area (Å²) in [7, 11) is 0. The Hall–Kier alpha value is -1.24. The lowest BCUT2D eigenvalue weighted by Gasteiger charge is -2.25. The average molecular weight is 321 g/mol. The molecule has 2 aromatic rings. The fraction of sp³-hybridized carbons (Fsp3) is 0.467. The number of thiophene rings is 1. The van der Waals surface area contributed by atoms with Crippen LogP contribution in [0.5, 0.6) is 0 Å². The van der Waals surface area contributed by atoms with Gasteiger partial charge in [-0.05, 0) is 30.4 Å². The second kappa shape index (κ2) is 6.25. The predicted octanol–water partition coefficient (Wildman–Crippen LogP) is 3.14. The zero-order valence-corrected chi connectivity index (χ0v) is 14.0. The van der Waals surface area contributed by atoms with Gasteiger partial charge in [-0.2, -0.15) is 0 Å². The highest BCUT2D eigenvalue weighted by Crippen LogP contribution is 2.26. The molecule has 0 aliphatic carbocycles. The molecule has 0 radical (unpaired) electrons. The van der Waals surface area contributed by atoms with Crippen LogP contribution in [0.2, 0.25) is 0 Å². The van der Waals surface area contributed by atoms with Crippen molar-refractivity contribution in [2.75, 3.05) is 18.0 Å². The van der Waals surface area contributed by atoms with E-state index in [-0.39, 0.29) is 5.91 Å². The summed E-state index contributed by atoms with van der Waals surface area (Å²) in [5.41, 5.74) is 2.52. The van der Waals surface area contributed by atoms with Crippen LogP contribution < -0.4 is 4.90 Å². The van der Waals surface area contributed by atoms with Gasteiger partial charge in [0.25, 0.3) is 0 Å². The number of fused-ring (bicyclic) bond motifs is 1. The van der Waals surface area contributed by atoms with Crippen LogP contribution in [-0.2, 0) is 24.3 Å². The Labute approximate surface area is 133 Å². The van der Waals surface area contributed by atoms with Gasteiger partial charge in [-0.15, -0.1) is 22.7 Å². The van der Waals surface area contributed by atoms with E-state index in [4.69, 9.17) is 0 Å². The van der Waals surface area contributed by atoms with Crippen molar-refractivity contribution in [2.24, 2.45) is 0 Å². The topological polar surface area (TPSA) is 36.4 Å². The fourth-order valence-corrected chi connectivity index (χ4v) is 4.47. The number of hydrogen-bond acceptors (Lipinski definition) is 5. The molecule has 21 heavy (non-hydrogen) atoms. The van der Waals surface area contributed by atoms with E-state index >= 15 is 0 Å². The standard InChI is InChI=1S/C15H19N3OS2/c1-3-18(11(2)19)15-16-13(10-21-15)9-17-6-4-14-12(8-17)5-7-20-14/h5,7,10H,3-4,6,8-9H2,1-2H3. The summed E-state index contributed by atoms with van der Waals surface area (Å²) in [5.74, 6) is 0.0549. The fourth-order valence-electron chi connectivity index (χ4n) is 2.66. The van der Waals surface area contributed by atoms with Crippen molar-refractivity contribution in [2.45, 2.75) is 33.4 Å². The molecule has 1 amide bonds. The van der Waals surface area contributed by atoms with E-state index in [0.717, 1.165) is 36.9 Å². The molecule has 2 aromatic heterocycles. The highest BCUT2D eigenvalue weighted by atomic mass is 32.1. The lowest BCUT2D eigenvalue weighted by molar-refractivity contribution is -0.116. The van der Waals surface area contributed by atoms with Crippen molar-refractivity contribution >= 4 is 33.7 Å². The first-order valence-corrected chi connectivity index (χ1v) is 8.93. The van der Waals surface area contributed by atoms with Gasteiger partial charge in [-0.25, -0.2) is 4.98 Å². The van der Waals surface area contributed by atoms with Gasteiger partial charge in [-0.3, -0.25) is 14.6 Å². The van der Waals surface area contributed by atoms with Gasteiger partial charge in [0.2, 0.25) is 5.91 Å². The number of nitrogens with zero attached hydrogens (tertiary/aromatic N) is 3. The van der Waals surface area contributed by atoms with Crippen LogP contribution in [-0.4, -0.2) is 28.9 Å².